The van der Waals surface area contributed by atoms with Crippen molar-refractivity contribution >= 4 is 11.4 Å². The molecular formula is C12H12N4O. The molecule has 0 saturated heterocycles. The van der Waals surface area contributed by atoms with Gasteiger partial charge in [-0.2, -0.15) is 5.26 Å². The van der Waals surface area contributed by atoms with Crippen LogP contribution in [0.5, 0.6) is 0 Å². The molecule has 17 heavy (non-hydrogen) atoms. The van der Waals surface area contributed by atoms with Crippen molar-refractivity contribution in [1.82, 2.24) is 5.16 Å². The zero-order chi connectivity index (χ0) is 12.3. The Morgan fingerprint density at radius 2 is 2.29 bits per heavy atom. The number of benzene rings is 1. The van der Waals surface area contributed by atoms with Crippen LogP contribution in [0.4, 0.5) is 11.4 Å². The van der Waals surface area contributed by atoms with E-state index in [1.54, 1.807) is 18.2 Å². The molecule has 5 heteroatoms. The summed E-state index contributed by atoms with van der Waals surface area (Å²) < 4.78 is 5.07. The van der Waals surface area contributed by atoms with E-state index in [4.69, 9.17) is 15.5 Å². The van der Waals surface area contributed by atoms with Crippen LogP contribution in [0.15, 0.2) is 28.8 Å². The smallest absolute Gasteiger partial charge is 0.156 e. The Bertz CT molecular complexity index is 568. The van der Waals surface area contributed by atoms with Gasteiger partial charge in [-0.15, -0.1) is 0 Å². The molecule has 2 rings (SSSR count). The number of rotatable bonds is 3. The van der Waals surface area contributed by atoms with Crippen molar-refractivity contribution in [2.75, 3.05) is 11.1 Å². The van der Waals surface area contributed by atoms with Gasteiger partial charge in [0.2, 0.25) is 0 Å². The molecule has 0 saturated carbocycles. The second-order valence-corrected chi connectivity index (χ2v) is 3.70. The molecule has 1 aromatic heterocycles. The maximum Gasteiger partial charge on any atom is 0.156 e. The van der Waals surface area contributed by atoms with E-state index in [1.807, 2.05) is 19.1 Å². The summed E-state index contributed by atoms with van der Waals surface area (Å²) >= 11 is 0. The number of aryl methyl sites for hydroxylation is 1. The molecule has 5 nitrogen and oxygen atoms in total. The van der Waals surface area contributed by atoms with Crippen LogP contribution in [-0.4, -0.2) is 5.16 Å². The van der Waals surface area contributed by atoms with Crippen LogP contribution in [0.1, 0.15) is 17.0 Å². The summed E-state index contributed by atoms with van der Waals surface area (Å²) in [6.07, 6.45) is 0. The fourth-order valence-electron chi connectivity index (χ4n) is 1.48. The largest absolute Gasteiger partial charge is 0.397 e. The quantitative estimate of drug-likeness (QED) is 0.785. The highest BCUT2D eigenvalue weighted by Crippen LogP contribution is 2.20. The minimum atomic E-state index is 0.511. The lowest BCUT2D eigenvalue weighted by molar-refractivity contribution is 0.384. The van der Waals surface area contributed by atoms with Crippen LogP contribution in [0.2, 0.25) is 0 Å². The number of nitrogens with zero attached hydrogens (tertiary/aromatic N) is 2. The predicted octanol–water partition coefficient (Wildman–Crippen LogP) is 2.05. The molecule has 0 radical (unpaired) electrons. The molecule has 0 amide bonds. The van der Waals surface area contributed by atoms with Crippen molar-refractivity contribution in [3.63, 3.8) is 0 Å². The molecule has 0 aliphatic heterocycles. The van der Waals surface area contributed by atoms with E-state index in [0.29, 0.717) is 17.8 Å². The van der Waals surface area contributed by atoms with Crippen LogP contribution < -0.4 is 11.1 Å². The molecule has 1 heterocycles. The summed E-state index contributed by atoms with van der Waals surface area (Å²) in [5.74, 6) is 0.742. The molecule has 2 aromatic rings. The summed E-state index contributed by atoms with van der Waals surface area (Å²) in [6.45, 7) is 2.38. The van der Waals surface area contributed by atoms with Crippen LogP contribution >= 0.6 is 0 Å². The lowest BCUT2D eigenvalue weighted by Crippen LogP contribution is -2.01. The zero-order valence-corrected chi connectivity index (χ0v) is 9.40. The Hall–Kier alpha value is -2.48. The number of anilines is 2. The van der Waals surface area contributed by atoms with Crippen LogP contribution in [0, 0.1) is 18.3 Å². The molecule has 0 fully saturated rings. The van der Waals surface area contributed by atoms with E-state index in [-0.39, 0.29) is 0 Å². The topological polar surface area (TPSA) is 87.9 Å². The SMILES string of the molecule is Cc1cc(CNc2ccc(C#N)cc2N)on1. The van der Waals surface area contributed by atoms with Crippen molar-refractivity contribution in [3.8, 4) is 6.07 Å². The molecule has 0 spiro atoms. The van der Waals surface area contributed by atoms with Gasteiger partial charge in [-0.05, 0) is 25.1 Å². The van der Waals surface area contributed by atoms with Crippen LogP contribution in [-0.2, 0) is 6.54 Å². The third-order valence-electron chi connectivity index (χ3n) is 2.31. The van der Waals surface area contributed by atoms with Gasteiger partial charge >= 0.3 is 0 Å². The summed E-state index contributed by atoms with van der Waals surface area (Å²) in [7, 11) is 0. The third kappa shape index (κ3) is 2.55. The fraction of sp³-hybridized carbons (Fsp3) is 0.167. The number of nitrogens with two attached hydrogens (primary N) is 1. The van der Waals surface area contributed by atoms with Gasteiger partial charge in [0, 0.05) is 6.07 Å². The number of nitrogen functional groups attached to an aromatic ring is 1. The average Bonchev–Trinajstić information content (AvgIpc) is 2.73. The number of nitrogens with one attached hydrogen (secondary N) is 1. The summed E-state index contributed by atoms with van der Waals surface area (Å²) in [5, 5.41) is 15.6. The molecular weight excluding hydrogens is 216 g/mol. The minimum absolute atomic E-state index is 0.511. The first kappa shape index (κ1) is 11.0. The van der Waals surface area contributed by atoms with Gasteiger partial charge < -0.3 is 15.6 Å². The van der Waals surface area contributed by atoms with E-state index in [0.717, 1.165) is 17.1 Å². The fourth-order valence-corrected chi connectivity index (χ4v) is 1.48. The molecule has 0 unspecified atom stereocenters. The maximum absolute atomic E-state index is 8.71. The van der Waals surface area contributed by atoms with Crippen molar-refractivity contribution < 1.29 is 4.52 Å². The van der Waals surface area contributed by atoms with Gasteiger partial charge in [-0.25, -0.2) is 0 Å². The standard InChI is InChI=1S/C12H12N4O/c1-8-4-10(17-16-8)7-15-12-3-2-9(6-13)5-11(12)14/h2-5,15H,7,14H2,1H3. The Kier molecular flexibility index (Phi) is 2.97. The third-order valence-corrected chi connectivity index (χ3v) is 2.31. The van der Waals surface area contributed by atoms with Crippen molar-refractivity contribution in [1.29, 1.82) is 5.26 Å². The first-order valence-corrected chi connectivity index (χ1v) is 5.15. The van der Waals surface area contributed by atoms with Gasteiger partial charge in [0.15, 0.2) is 5.76 Å². The molecule has 0 aliphatic rings. The lowest BCUT2D eigenvalue weighted by Gasteiger charge is -2.07. The highest BCUT2D eigenvalue weighted by molar-refractivity contribution is 5.68. The van der Waals surface area contributed by atoms with Gasteiger partial charge in [0.05, 0.1) is 35.2 Å². The van der Waals surface area contributed by atoms with Crippen LogP contribution in [0.25, 0.3) is 0 Å². The predicted molar refractivity (Wildman–Crippen MR) is 64.1 cm³/mol. The number of hydrogen-bond acceptors (Lipinski definition) is 5. The minimum Gasteiger partial charge on any atom is -0.397 e. The Morgan fingerprint density at radius 3 is 2.88 bits per heavy atom. The molecule has 0 aliphatic carbocycles. The maximum atomic E-state index is 8.71. The lowest BCUT2D eigenvalue weighted by atomic mass is 10.2. The van der Waals surface area contributed by atoms with Crippen LogP contribution in [0.3, 0.4) is 0 Å². The number of hydrogen-bond donors (Lipinski definition) is 2. The van der Waals surface area contributed by atoms with E-state index >= 15 is 0 Å². The van der Waals surface area contributed by atoms with E-state index in [1.165, 1.54) is 0 Å². The zero-order valence-electron chi connectivity index (χ0n) is 9.40. The Balaban J connectivity index is 2.07. The van der Waals surface area contributed by atoms with Crippen molar-refractivity contribution in [2.24, 2.45) is 0 Å². The highest BCUT2D eigenvalue weighted by Gasteiger charge is 2.03. The molecule has 3 N–H and O–H groups in total. The van der Waals surface area contributed by atoms with Gasteiger partial charge in [0.25, 0.3) is 0 Å². The van der Waals surface area contributed by atoms with Crippen molar-refractivity contribution in [2.45, 2.75) is 13.5 Å². The molecule has 1 aromatic carbocycles. The summed E-state index contributed by atoms with van der Waals surface area (Å²) in [6, 6.07) is 9.01. The average molecular weight is 228 g/mol. The Labute approximate surface area is 98.8 Å². The monoisotopic (exact) mass is 228 g/mol. The number of aromatic nitrogens is 1. The first-order chi connectivity index (χ1) is 8.19. The molecule has 0 bridgehead atoms. The molecule has 86 valence electrons. The Morgan fingerprint density at radius 1 is 1.47 bits per heavy atom. The van der Waals surface area contributed by atoms with Gasteiger partial charge in [0.1, 0.15) is 0 Å². The van der Waals surface area contributed by atoms with E-state index < -0.39 is 0 Å². The van der Waals surface area contributed by atoms with Gasteiger partial charge in [-0.3, -0.25) is 0 Å². The summed E-state index contributed by atoms with van der Waals surface area (Å²) in [5.41, 5.74) is 8.51. The first-order valence-electron chi connectivity index (χ1n) is 5.15. The summed E-state index contributed by atoms with van der Waals surface area (Å²) in [4.78, 5) is 0. The van der Waals surface area contributed by atoms with E-state index in [9.17, 15) is 0 Å². The molecule has 0 atom stereocenters. The highest BCUT2D eigenvalue weighted by atomic mass is 16.5. The number of nitriles is 1. The second kappa shape index (κ2) is 4.58. The van der Waals surface area contributed by atoms with Gasteiger partial charge in [-0.1, -0.05) is 5.16 Å². The second-order valence-electron chi connectivity index (χ2n) is 3.70. The van der Waals surface area contributed by atoms with Crippen molar-refractivity contribution in [3.05, 3.63) is 41.3 Å². The normalized spacial score (nSPS) is 9.88. The van der Waals surface area contributed by atoms with E-state index in [2.05, 4.69) is 10.5 Å².